The molecule has 0 aliphatic rings. The maximum Gasteiger partial charge on any atom is 0.322 e. The first-order chi connectivity index (χ1) is 10.1. The Morgan fingerprint density at radius 3 is 2.76 bits per heavy atom. The highest BCUT2D eigenvalue weighted by Gasteiger charge is 2.08. The average Bonchev–Trinajstić information content (AvgIpc) is 2.90. The van der Waals surface area contributed by atoms with Crippen LogP contribution in [-0.2, 0) is 6.54 Å². The highest BCUT2D eigenvalue weighted by Crippen LogP contribution is 2.19. The van der Waals surface area contributed by atoms with Gasteiger partial charge in [0.05, 0.1) is 12.4 Å². The first-order valence-corrected chi connectivity index (χ1v) is 7.35. The molecule has 0 atom stereocenters. The van der Waals surface area contributed by atoms with Gasteiger partial charge in [-0.1, -0.05) is 6.92 Å². The zero-order chi connectivity index (χ0) is 15.2. The molecule has 2 heterocycles. The first-order valence-electron chi connectivity index (χ1n) is 7.35. The van der Waals surface area contributed by atoms with Crippen molar-refractivity contribution in [3.63, 3.8) is 0 Å². The molecular formula is C15H23N5O. The van der Waals surface area contributed by atoms with Crippen LogP contribution in [0.3, 0.4) is 0 Å². The van der Waals surface area contributed by atoms with Crippen LogP contribution < -0.4 is 10.1 Å². The maximum absolute atomic E-state index is 5.64. The molecule has 114 valence electrons. The van der Waals surface area contributed by atoms with E-state index in [9.17, 15) is 0 Å². The lowest BCUT2D eigenvalue weighted by atomic mass is 10.2. The van der Waals surface area contributed by atoms with E-state index in [-0.39, 0.29) is 0 Å². The highest BCUT2D eigenvalue weighted by atomic mass is 16.5. The summed E-state index contributed by atoms with van der Waals surface area (Å²) in [6, 6.07) is 0.659. The molecule has 6 nitrogen and oxygen atoms in total. The zero-order valence-electron chi connectivity index (χ0n) is 13.1. The van der Waals surface area contributed by atoms with Crippen molar-refractivity contribution in [1.82, 2.24) is 25.1 Å². The molecule has 0 unspecified atom stereocenters. The molecule has 0 saturated heterocycles. The summed E-state index contributed by atoms with van der Waals surface area (Å²) in [4.78, 5) is 8.65. The third-order valence-electron chi connectivity index (χ3n) is 3.12. The van der Waals surface area contributed by atoms with Gasteiger partial charge in [0, 0.05) is 30.0 Å². The zero-order valence-corrected chi connectivity index (χ0v) is 13.1. The van der Waals surface area contributed by atoms with E-state index >= 15 is 0 Å². The molecule has 1 N–H and O–H groups in total. The fraction of sp³-hybridized carbons (Fsp3) is 0.533. The monoisotopic (exact) mass is 289 g/mol. The lowest BCUT2D eigenvalue weighted by Gasteiger charge is -2.07. The van der Waals surface area contributed by atoms with Gasteiger partial charge in [0.15, 0.2) is 5.75 Å². The molecule has 0 amide bonds. The largest absolute Gasteiger partial charge is 0.421 e. The summed E-state index contributed by atoms with van der Waals surface area (Å²) in [7, 11) is 0. The summed E-state index contributed by atoms with van der Waals surface area (Å²) in [6.07, 6.45) is 6.45. The van der Waals surface area contributed by atoms with E-state index in [1.807, 2.05) is 24.0 Å². The summed E-state index contributed by atoms with van der Waals surface area (Å²) < 4.78 is 7.48. The molecule has 0 bridgehead atoms. The van der Waals surface area contributed by atoms with Gasteiger partial charge in [0.25, 0.3) is 0 Å². The lowest BCUT2D eigenvalue weighted by molar-refractivity contribution is 0.436. The van der Waals surface area contributed by atoms with Crippen LogP contribution in [0.5, 0.6) is 11.8 Å². The minimum Gasteiger partial charge on any atom is -0.421 e. The molecule has 2 rings (SSSR count). The van der Waals surface area contributed by atoms with Crippen LogP contribution in [0.1, 0.15) is 44.5 Å². The Morgan fingerprint density at radius 2 is 2.14 bits per heavy atom. The summed E-state index contributed by atoms with van der Waals surface area (Å²) in [5, 5.41) is 7.57. The van der Waals surface area contributed by atoms with E-state index in [4.69, 9.17) is 4.74 Å². The Bertz CT molecular complexity index is 579. The van der Waals surface area contributed by atoms with Gasteiger partial charge in [0.2, 0.25) is 0 Å². The van der Waals surface area contributed by atoms with E-state index in [1.54, 1.807) is 6.20 Å². The van der Waals surface area contributed by atoms with Crippen LogP contribution in [-0.4, -0.2) is 26.3 Å². The van der Waals surface area contributed by atoms with Gasteiger partial charge < -0.3 is 10.1 Å². The average molecular weight is 289 g/mol. The second kappa shape index (κ2) is 7.17. The molecule has 0 aliphatic carbocycles. The van der Waals surface area contributed by atoms with Gasteiger partial charge in [-0.15, -0.1) is 0 Å². The van der Waals surface area contributed by atoms with E-state index in [1.165, 1.54) is 0 Å². The highest BCUT2D eigenvalue weighted by molar-refractivity contribution is 5.21. The summed E-state index contributed by atoms with van der Waals surface area (Å²) in [6.45, 7) is 10.0. The molecule has 0 radical (unpaired) electrons. The normalized spacial score (nSPS) is 11.1. The minimum absolute atomic E-state index is 0.303. The predicted molar refractivity (Wildman–Crippen MR) is 81.5 cm³/mol. The van der Waals surface area contributed by atoms with Crippen molar-refractivity contribution in [2.24, 2.45) is 0 Å². The fourth-order valence-electron chi connectivity index (χ4n) is 1.85. The molecule has 2 aromatic heterocycles. The molecule has 2 aromatic rings. The van der Waals surface area contributed by atoms with E-state index < -0.39 is 0 Å². The van der Waals surface area contributed by atoms with Crippen LogP contribution in [0.15, 0.2) is 18.6 Å². The maximum atomic E-state index is 5.64. The Morgan fingerprint density at radius 1 is 1.33 bits per heavy atom. The Balaban J connectivity index is 2.02. The number of nitrogens with one attached hydrogen (secondary N) is 1. The number of aryl methyl sites for hydroxylation is 1. The number of rotatable bonds is 7. The van der Waals surface area contributed by atoms with Gasteiger partial charge in [0.1, 0.15) is 0 Å². The van der Waals surface area contributed by atoms with Crippen molar-refractivity contribution in [2.45, 2.75) is 46.7 Å². The van der Waals surface area contributed by atoms with Crippen molar-refractivity contribution in [3.05, 3.63) is 29.8 Å². The number of hydrogen-bond donors (Lipinski definition) is 1. The van der Waals surface area contributed by atoms with Crippen molar-refractivity contribution >= 4 is 0 Å². The summed E-state index contributed by atoms with van der Waals surface area (Å²) >= 11 is 0. The van der Waals surface area contributed by atoms with Crippen molar-refractivity contribution < 1.29 is 4.74 Å². The number of aromatic nitrogens is 4. The van der Waals surface area contributed by atoms with Gasteiger partial charge in [-0.3, -0.25) is 4.68 Å². The molecule has 0 aromatic carbocycles. The van der Waals surface area contributed by atoms with Crippen molar-refractivity contribution in [1.29, 1.82) is 0 Å². The standard InChI is InChI=1S/C15H23N5O/c1-5-6-16-7-13-8-17-15(19-12(13)4)21-14-9-18-20(10-14)11(2)3/h8-11,16H,5-7H2,1-4H3. The topological polar surface area (TPSA) is 64.9 Å². The van der Waals surface area contributed by atoms with E-state index in [0.29, 0.717) is 17.8 Å². The van der Waals surface area contributed by atoms with Crippen LogP contribution >= 0.6 is 0 Å². The van der Waals surface area contributed by atoms with Gasteiger partial charge in [-0.05, 0) is 33.7 Å². The molecular weight excluding hydrogens is 266 g/mol. The third kappa shape index (κ3) is 4.26. The summed E-state index contributed by atoms with van der Waals surface area (Å²) in [5.41, 5.74) is 2.02. The Labute approximate surface area is 125 Å². The number of hydrogen-bond acceptors (Lipinski definition) is 5. The minimum atomic E-state index is 0.303. The van der Waals surface area contributed by atoms with Crippen molar-refractivity contribution in [2.75, 3.05) is 6.54 Å². The fourth-order valence-corrected chi connectivity index (χ4v) is 1.85. The Kier molecular flexibility index (Phi) is 5.27. The van der Waals surface area contributed by atoms with Gasteiger partial charge in [-0.2, -0.15) is 10.1 Å². The predicted octanol–water partition coefficient (Wildman–Crippen LogP) is 2.85. The summed E-state index contributed by atoms with van der Waals surface area (Å²) in [5.74, 6) is 0.653. The van der Waals surface area contributed by atoms with E-state index in [2.05, 4.69) is 41.2 Å². The van der Waals surface area contributed by atoms with Crippen LogP contribution in [0.25, 0.3) is 0 Å². The van der Waals surface area contributed by atoms with Crippen LogP contribution in [0.4, 0.5) is 0 Å². The molecule has 0 fully saturated rings. The first kappa shape index (κ1) is 15.4. The molecule has 21 heavy (non-hydrogen) atoms. The smallest absolute Gasteiger partial charge is 0.322 e. The molecule has 0 aliphatic heterocycles. The molecule has 0 saturated carbocycles. The molecule has 6 heteroatoms. The lowest BCUT2D eigenvalue weighted by Crippen LogP contribution is -2.15. The second-order valence-electron chi connectivity index (χ2n) is 5.29. The van der Waals surface area contributed by atoms with Gasteiger partial charge in [-0.25, -0.2) is 4.98 Å². The SMILES string of the molecule is CCCNCc1cnc(Oc2cnn(C(C)C)c2)nc1C. The van der Waals surface area contributed by atoms with Crippen LogP contribution in [0.2, 0.25) is 0 Å². The third-order valence-corrected chi connectivity index (χ3v) is 3.12. The number of ether oxygens (including phenoxy) is 1. The Hall–Kier alpha value is -1.95. The second-order valence-corrected chi connectivity index (χ2v) is 5.29. The van der Waals surface area contributed by atoms with Gasteiger partial charge >= 0.3 is 6.01 Å². The van der Waals surface area contributed by atoms with Crippen LogP contribution in [0, 0.1) is 6.92 Å². The molecule has 0 spiro atoms. The van der Waals surface area contributed by atoms with Crippen molar-refractivity contribution in [3.8, 4) is 11.8 Å². The number of nitrogens with zero attached hydrogens (tertiary/aromatic N) is 4. The van der Waals surface area contributed by atoms with E-state index in [0.717, 1.165) is 30.8 Å². The quantitative estimate of drug-likeness (QED) is 0.794.